The molecule has 3 N–H and O–H groups in total. The van der Waals surface area contributed by atoms with Crippen LogP contribution >= 0.6 is 0 Å². The van der Waals surface area contributed by atoms with Crippen molar-refractivity contribution in [2.75, 3.05) is 0 Å². The fourth-order valence-electron chi connectivity index (χ4n) is 3.24. The first kappa shape index (κ1) is 18.9. The van der Waals surface area contributed by atoms with Gasteiger partial charge in [-0.25, -0.2) is 0 Å². The Morgan fingerprint density at radius 2 is 0.524 bits per heavy atom. The summed E-state index contributed by atoms with van der Waals surface area (Å²) in [4.78, 5) is 0. The molecule has 0 radical (unpaired) electrons. The van der Waals surface area contributed by atoms with E-state index in [1.54, 1.807) is 0 Å². The van der Waals surface area contributed by atoms with Crippen LogP contribution in [0.15, 0.2) is 0 Å². The molecule has 0 aromatic carbocycles. The Bertz CT molecular complexity index is 213. The standard InChI is InChI=1S/C7H14O.C6H12O.C5H10O/c8-7-5-3-1-2-4-6-7;7-6-4-2-1-3-5-6;6-5-3-1-2-4-5/h7-8H,1-6H2;6-7H,1-5H2;5-6H,1-4H2. The van der Waals surface area contributed by atoms with Gasteiger partial charge in [-0.15, -0.1) is 0 Å². The number of aliphatic hydroxyl groups is 3. The number of rotatable bonds is 0. The molecule has 0 spiro atoms. The van der Waals surface area contributed by atoms with Crippen LogP contribution < -0.4 is 0 Å². The summed E-state index contributed by atoms with van der Waals surface area (Å²) < 4.78 is 0. The van der Waals surface area contributed by atoms with Gasteiger partial charge in [-0.3, -0.25) is 0 Å². The number of aliphatic hydroxyl groups excluding tert-OH is 3. The van der Waals surface area contributed by atoms with Gasteiger partial charge in [0.1, 0.15) is 0 Å². The van der Waals surface area contributed by atoms with Crippen molar-refractivity contribution >= 4 is 0 Å². The van der Waals surface area contributed by atoms with Gasteiger partial charge in [-0.2, -0.15) is 0 Å². The molecular formula is C18H36O3. The lowest BCUT2D eigenvalue weighted by molar-refractivity contribution is 0.130. The minimum Gasteiger partial charge on any atom is -0.393 e. The van der Waals surface area contributed by atoms with Gasteiger partial charge in [0, 0.05) is 0 Å². The third-order valence-corrected chi connectivity index (χ3v) is 4.72. The molecule has 3 rings (SSSR count). The van der Waals surface area contributed by atoms with E-state index in [0.717, 1.165) is 38.5 Å². The van der Waals surface area contributed by atoms with Gasteiger partial charge in [0.25, 0.3) is 0 Å². The maximum absolute atomic E-state index is 9.09. The first-order valence-corrected chi connectivity index (χ1v) is 9.22. The molecule has 0 bridgehead atoms. The molecule has 0 aliphatic heterocycles. The Labute approximate surface area is 130 Å². The van der Waals surface area contributed by atoms with Crippen LogP contribution in [0.5, 0.6) is 0 Å². The monoisotopic (exact) mass is 300 g/mol. The topological polar surface area (TPSA) is 60.7 Å². The van der Waals surface area contributed by atoms with Crippen LogP contribution in [0, 0.1) is 0 Å². The predicted molar refractivity (Wildman–Crippen MR) is 87.3 cm³/mol. The van der Waals surface area contributed by atoms with Crippen molar-refractivity contribution in [2.45, 2.75) is 115 Å². The maximum atomic E-state index is 9.09. The number of hydrogen-bond donors (Lipinski definition) is 3. The van der Waals surface area contributed by atoms with Crippen LogP contribution in [0.25, 0.3) is 0 Å². The molecule has 126 valence electrons. The third-order valence-electron chi connectivity index (χ3n) is 4.72. The molecule has 0 saturated heterocycles. The van der Waals surface area contributed by atoms with Gasteiger partial charge in [0.2, 0.25) is 0 Å². The van der Waals surface area contributed by atoms with Crippen LogP contribution in [0.1, 0.15) is 96.3 Å². The van der Waals surface area contributed by atoms with Crippen molar-refractivity contribution < 1.29 is 15.3 Å². The molecule has 0 aromatic heterocycles. The molecule has 0 aromatic rings. The Kier molecular flexibility index (Phi) is 11.2. The second-order valence-corrected chi connectivity index (χ2v) is 6.88. The molecule has 3 heteroatoms. The van der Waals surface area contributed by atoms with Crippen molar-refractivity contribution in [1.29, 1.82) is 0 Å². The van der Waals surface area contributed by atoms with E-state index >= 15 is 0 Å². The molecule has 0 amide bonds. The second-order valence-electron chi connectivity index (χ2n) is 6.88. The van der Waals surface area contributed by atoms with Crippen LogP contribution in [0.4, 0.5) is 0 Å². The SMILES string of the molecule is OC1CCCC1.OC1CCCCC1.OC1CCCCCC1. The lowest BCUT2D eigenvalue weighted by atomic mass is 9.98. The average Bonchev–Trinajstić information content (AvgIpc) is 2.83. The van der Waals surface area contributed by atoms with Crippen LogP contribution in [0.2, 0.25) is 0 Å². The summed E-state index contributed by atoms with van der Waals surface area (Å²) in [6.45, 7) is 0. The first-order valence-electron chi connectivity index (χ1n) is 9.22. The summed E-state index contributed by atoms with van der Waals surface area (Å²) in [6, 6.07) is 0. The Balaban J connectivity index is 0.000000159. The van der Waals surface area contributed by atoms with Crippen molar-refractivity contribution in [3.8, 4) is 0 Å². The minimum absolute atomic E-state index is 0.0255. The summed E-state index contributed by atoms with van der Waals surface area (Å²) >= 11 is 0. The normalized spacial score (nSPS) is 25.3. The van der Waals surface area contributed by atoms with E-state index in [4.69, 9.17) is 15.3 Å². The van der Waals surface area contributed by atoms with Crippen LogP contribution in [-0.4, -0.2) is 33.6 Å². The van der Waals surface area contributed by atoms with Crippen molar-refractivity contribution in [2.24, 2.45) is 0 Å². The van der Waals surface area contributed by atoms with Crippen LogP contribution in [-0.2, 0) is 0 Å². The van der Waals surface area contributed by atoms with E-state index in [0.29, 0.717) is 0 Å². The summed E-state index contributed by atoms with van der Waals surface area (Å²) in [5.74, 6) is 0. The second kappa shape index (κ2) is 12.4. The fourth-order valence-corrected chi connectivity index (χ4v) is 3.24. The molecule has 3 saturated carbocycles. The van der Waals surface area contributed by atoms with E-state index < -0.39 is 0 Å². The lowest BCUT2D eigenvalue weighted by Gasteiger charge is -2.14. The van der Waals surface area contributed by atoms with Crippen molar-refractivity contribution in [3.63, 3.8) is 0 Å². The molecule has 3 aliphatic carbocycles. The lowest BCUT2D eigenvalue weighted by Crippen LogP contribution is -2.09. The summed E-state index contributed by atoms with van der Waals surface area (Å²) in [5, 5.41) is 26.7. The molecule has 3 fully saturated rings. The minimum atomic E-state index is 0.0255. The van der Waals surface area contributed by atoms with Gasteiger partial charge >= 0.3 is 0 Å². The first-order chi connectivity index (χ1) is 10.2. The zero-order chi connectivity index (χ0) is 15.3. The van der Waals surface area contributed by atoms with E-state index in [9.17, 15) is 0 Å². The molecular weight excluding hydrogens is 264 g/mol. The highest BCUT2D eigenvalue weighted by atomic mass is 16.3. The van der Waals surface area contributed by atoms with Gasteiger partial charge in [-0.1, -0.05) is 57.8 Å². The Hall–Kier alpha value is -0.120. The van der Waals surface area contributed by atoms with E-state index in [-0.39, 0.29) is 18.3 Å². The maximum Gasteiger partial charge on any atom is 0.0540 e. The Morgan fingerprint density at radius 1 is 0.333 bits per heavy atom. The quantitative estimate of drug-likeness (QED) is 0.594. The molecule has 0 atom stereocenters. The van der Waals surface area contributed by atoms with Crippen LogP contribution in [0.3, 0.4) is 0 Å². The van der Waals surface area contributed by atoms with E-state index in [1.165, 1.54) is 57.8 Å². The molecule has 3 aliphatic rings. The highest BCUT2D eigenvalue weighted by Crippen LogP contribution is 2.17. The largest absolute Gasteiger partial charge is 0.393 e. The molecule has 0 unspecified atom stereocenters. The highest BCUT2D eigenvalue weighted by Gasteiger charge is 2.09. The zero-order valence-electron chi connectivity index (χ0n) is 13.7. The van der Waals surface area contributed by atoms with Gasteiger partial charge < -0.3 is 15.3 Å². The smallest absolute Gasteiger partial charge is 0.0540 e. The highest BCUT2D eigenvalue weighted by molar-refractivity contribution is 4.63. The van der Waals surface area contributed by atoms with Gasteiger partial charge in [-0.05, 0) is 38.5 Å². The van der Waals surface area contributed by atoms with Crippen molar-refractivity contribution in [3.05, 3.63) is 0 Å². The molecule has 3 nitrogen and oxygen atoms in total. The average molecular weight is 300 g/mol. The summed E-state index contributed by atoms with van der Waals surface area (Å²) in [7, 11) is 0. The van der Waals surface area contributed by atoms with Gasteiger partial charge in [0.15, 0.2) is 0 Å². The summed E-state index contributed by atoms with van der Waals surface area (Å²) in [5.41, 5.74) is 0. The summed E-state index contributed by atoms with van der Waals surface area (Å²) in [6.07, 6.45) is 17.8. The molecule has 0 heterocycles. The zero-order valence-corrected chi connectivity index (χ0v) is 13.7. The fraction of sp³-hybridized carbons (Fsp3) is 1.00. The Morgan fingerprint density at radius 3 is 0.810 bits per heavy atom. The molecule has 21 heavy (non-hydrogen) atoms. The third kappa shape index (κ3) is 11.1. The van der Waals surface area contributed by atoms with E-state index in [1.807, 2.05) is 0 Å². The van der Waals surface area contributed by atoms with Gasteiger partial charge in [0.05, 0.1) is 18.3 Å². The van der Waals surface area contributed by atoms with Crippen molar-refractivity contribution in [1.82, 2.24) is 0 Å². The number of hydrogen-bond acceptors (Lipinski definition) is 3. The van der Waals surface area contributed by atoms with E-state index in [2.05, 4.69) is 0 Å². The predicted octanol–water partition coefficient (Wildman–Crippen LogP) is 3.93.